The number of hydrogen-bond acceptors (Lipinski definition) is 5. The Morgan fingerprint density at radius 2 is 2.30 bits per heavy atom. The van der Waals surface area contributed by atoms with Gasteiger partial charge in [0.25, 0.3) is 0 Å². The summed E-state index contributed by atoms with van der Waals surface area (Å²) >= 11 is 1.81. The topological polar surface area (TPSA) is 31.4 Å². The lowest BCUT2D eigenvalue weighted by atomic mass is 10.00. The molecule has 0 radical (unpaired) electrons. The minimum atomic E-state index is 0.767. The lowest BCUT2D eigenvalue weighted by Gasteiger charge is -2.44. The van der Waals surface area contributed by atoms with Crippen LogP contribution in [0.5, 0.6) is 0 Å². The first-order valence-corrected chi connectivity index (χ1v) is 8.89. The van der Waals surface area contributed by atoms with Crippen LogP contribution in [0.2, 0.25) is 0 Å². The highest BCUT2D eigenvalue weighted by molar-refractivity contribution is 7.13. The first-order valence-electron chi connectivity index (χ1n) is 8.01. The van der Waals surface area contributed by atoms with Crippen molar-refractivity contribution in [3.63, 3.8) is 0 Å². The molecular weight excluding hydrogens is 268 g/mol. The van der Waals surface area contributed by atoms with Gasteiger partial charge in [-0.05, 0) is 32.4 Å². The van der Waals surface area contributed by atoms with Gasteiger partial charge in [-0.3, -0.25) is 4.90 Å². The van der Waals surface area contributed by atoms with E-state index in [2.05, 4.69) is 27.4 Å². The van der Waals surface area contributed by atoms with E-state index in [1.807, 2.05) is 11.3 Å². The van der Waals surface area contributed by atoms with Gasteiger partial charge in [0.1, 0.15) is 0 Å². The maximum absolute atomic E-state index is 4.81. The summed E-state index contributed by atoms with van der Waals surface area (Å²) < 4.78 is 0. The molecule has 3 rings (SSSR count). The van der Waals surface area contributed by atoms with Crippen LogP contribution in [0.1, 0.15) is 38.3 Å². The number of anilines is 1. The summed E-state index contributed by atoms with van der Waals surface area (Å²) in [7, 11) is 0. The van der Waals surface area contributed by atoms with Crippen LogP contribution in [0.15, 0.2) is 5.38 Å². The van der Waals surface area contributed by atoms with E-state index in [1.165, 1.54) is 56.1 Å². The Balaban J connectivity index is 1.56. The molecule has 0 saturated carbocycles. The van der Waals surface area contributed by atoms with Crippen LogP contribution in [0, 0.1) is 0 Å². The molecule has 2 saturated heterocycles. The SMILES string of the molecule is CCCNCc1csc(N2CCN3CCCCC3C2)n1. The molecule has 1 unspecified atom stereocenters. The molecule has 0 amide bonds. The monoisotopic (exact) mass is 294 g/mol. The zero-order chi connectivity index (χ0) is 13.8. The predicted octanol–water partition coefficient (Wildman–Crippen LogP) is 2.32. The van der Waals surface area contributed by atoms with Gasteiger partial charge in [0.05, 0.1) is 5.69 Å². The number of piperidine rings is 1. The Bertz CT molecular complexity index is 420. The molecule has 3 heterocycles. The highest BCUT2D eigenvalue weighted by Crippen LogP contribution is 2.27. The maximum atomic E-state index is 4.81. The molecule has 0 aliphatic carbocycles. The molecule has 0 bridgehead atoms. The number of piperazine rings is 1. The zero-order valence-corrected chi connectivity index (χ0v) is 13.3. The molecule has 2 aliphatic rings. The fourth-order valence-corrected chi connectivity index (χ4v) is 4.11. The Morgan fingerprint density at radius 1 is 1.35 bits per heavy atom. The number of aromatic nitrogens is 1. The molecule has 112 valence electrons. The van der Waals surface area contributed by atoms with E-state index in [1.54, 1.807) is 0 Å². The molecule has 1 aromatic heterocycles. The lowest BCUT2D eigenvalue weighted by Crippen LogP contribution is -2.54. The predicted molar refractivity (Wildman–Crippen MR) is 85.5 cm³/mol. The van der Waals surface area contributed by atoms with Crippen molar-refractivity contribution < 1.29 is 0 Å². The standard InChI is InChI=1S/C15H26N4S/c1-2-6-16-10-13-12-20-15(17-13)19-9-8-18-7-4-3-5-14(18)11-19/h12,14,16H,2-11H2,1H3. The first-order chi connectivity index (χ1) is 9.86. The second-order valence-corrected chi connectivity index (χ2v) is 6.77. The quantitative estimate of drug-likeness (QED) is 0.845. The molecule has 0 spiro atoms. The fraction of sp³-hybridized carbons (Fsp3) is 0.800. The first kappa shape index (κ1) is 14.3. The van der Waals surface area contributed by atoms with Crippen LogP contribution < -0.4 is 10.2 Å². The van der Waals surface area contributed by atoms with Gasteiger partial charge >= 0.3 is 0 Å². The van der Waals surface area contributed by atoms with E-state index in [4.69, 9.17) is 4.98 Å². The highest BCUT2D eigenvalue weighted by atomic mass is 32.1. The molecule has 20 heavy (non-hydrogen) atoms. The molecule has 4 nitrogen and oxygen atoms in total. The van der Waals surface area contributed by atoms with Gasteiger partial charge < -0.3 is 10.2 Å². The zero-order valence-electron chi connectivity index (χ0n) is 12.5. The van der Waals surface area contributed by atoms with Gasteiger partial charge in [0, 0.05) is 37.6 Å². The van der Waals surface area contributed by atoms with Crippen molar-refractivity contribution in [1.82, 2.24) is 15.2 Å². The van der Waals surface area contributed by atoms with E-state index in [9.17, 15) is 0 Å². The van der Waals surface area contributed by atoms with Crippen molar-refractivity contribution in [2.75, 3.05) is 37.6 Å². The summed E-state index contributed by atoms with van der Waals surface area (Å²) in [5, 5.41) is 6.87. The third-order valence-electron chi connectivity index (χ3n) is 4.38. The number of nitrogens with zero attached hydrogens (tertiary/aromatic N) is 3. The Hall–Kier alpha value is -0.650. The second-order valence-electron chi connectivity index (χ2n) is 5.93. The Labute approximate surface area is 126 Å². The van der Waals surface area contributed by atoms with Gasteiger partial charge in [-0.1, -0.05) is 13.3 Å². The van der Waals surface area contributed by atoms with E-state index < -0.39 is 0 Å². The van der Waals surface area contributed by atoms with Crippen LogP contribution in [-0.4, -0.2) is 48.6 Å². The van der Waals surface area contributed by atoms with Crippen molar-refractivity contribution in [1.29, 1.82) is 0 Å². The third-order valence-corrected chi connectivity index (χ3v) is 5.33. The van der Waals surface area contributed by atoms with E-state index >= 15 is 0 Å². The van der Waals surface area contributed by atoms with E-state index in [0.717, 1.165) is 25.7 Å². The lowest BCUT2D eigenvalue weighted by molar-refractivity contribution is 0.133. The molecule has 0 aromatic carbocycles. The van der Waals surface area contributed by atoms with Gasteiger partial charge in [-0.2, -0.15) is 0 Å². The van der Waals surface area contributed by atoms with Crippen molar-refractivity contribution in [2.24, 2.45) is 0 Å². The van der Waals surface area contributed by atoms with Gasteiger partial charge in [-0.15, -0.1) is 11.3 Å². The van der Waals surface area contributed by atoms with Crippen molar-refractivity contribution in [3.05, 3.63) is 11.1 Å². The molecule has 2 aliphatic heterocycles. The smallest absolute Gasteiger partial charge is 0.185 e. The van der Waals surface area contributed by atoms with Crippen LogP contribution in [0.25, 0.3) is 0 Å². The Kier molecular flexibility index (Phi) is 4.91. The molecule has 1 N–H and O–H groups in total. The van der Waals surface area contributed by atoms with Crippen LogP contribution >= 0.6 is 11.3 Å². The summed E-state index contributed by atoms with van der Waals surface area (Å²) in [6, 6.07) is 0.767. The van der Waals surface area contributed by atoms with Gasteiger partial charge in [0.15, 0.2) is 5.13 Å². The minimum Gasteiger partial charge on any atom is -0.345 e. The van der Waals surface area contributed by atoms with Crippen molar-refractivity contribution >= 4 is 16.5 Å². The summed E-state index contributed by atoms with van der Waals surface area (Å²) in [6.07, 6.45) is 5.34. The summed E-state index contributed by atoms with van der Waals surface area (Å²) in [5.41, 5.74) is 1.20. The summed E-state index contributed by atoms with van der Waals surface area (Å²) in [5.74, 6) is 0. The van der Waals surface area contributed by atoms with Crippen molar-refractivity contribution in [3.8, 4) is 0 Å². The largest absolute Gasteiger partial charge is 0.345 e. The Morgan fingerprint density at radius 3 is 3.20 bits per heavy atom. The summed E-state index contributed by atoms with van der Waals surface area (Å²) in [6.45, 7) is 9.03. The molecule has 1 atom stereocenters. The normalized spacial score (nSPS) is 23.9. The van der Waals surface area contributed by atoms with Gasteiger partial charge in [0.2, 0.25) is 0 Å². The number of nitrogens with one attached hydrogen (secondary N) is 1. The molecule has 2 fully saturated rings. The number of fused-ring (bicyclic) bond motifs is 1. The van der Waals surface area contributed by atoms with Crippen molar-refractivity contribution in [2.45, 2.75) is 45.2 Å². The fourth-order valence-electron chi connectivity index (χ4n) is 3.25. The maximum Gasteiger partial charge on any atom is 0.185 e. The van der Waals surface area contributed by atoms with Crippen LogP contribution in [-0.2, 0) is 6.54 Å². The number of hydrogen-bond donors (Lipinski definition) is 1. The average molecular weight is 294 g/mol. The number of rotatable bonds is 5. The molecular formula is C15H26N4S. The van der Waals surface area contributed by atoms with E-state index in [-0.39, 0.29) is 0 Å². The highest BCUT2D eigenvalue weighted by Gasteiger charge is 2.29. The second kappa shape index (κ2) is 6.87. The average Bonchev–Trinajstić information content (AvgIpc) is 2.96. The van der Waals surface area contributed by atoms with Crippen LogP contribution in [0.3, 0.4) is 0 Å². The summed E-state index contributed by atoms with van der Waals surface area (Å²) in [4.78, 5) is 9.99. The van der Waals surface area contributed by atoms with Gasteiger partial charge in [-0.25, -0.2) is 4.98 Å². The van der Waals surface area contributed by atoms with E-state index in [0.29, 0.717) is 0 Å². The number of thiazole rings is 1. The third kappa shape index (κ3) is 3.32. The molecule has 1 aromatic rings. The molecule has 5 heteroatoms. The minimum absolute atomic E-state index is 0.767. The van der Waals surface area contributed by atoms with Crippen LogP contribution in [0.4, 0.5) is 5.13 Å².